The van der Waals surface area contributed by atoms with Gasteiger partial charge in [0.2, 0.25) is 0 Å². The summed E-state index contributed by atoms with van der Waals surface area (Å²) in [5.74, 6) is -0.948. The van der Waals surface area contributed by atoms with Crippen molar-refractivity contribution in [1.29, 1.82) is 0 Å². The molecule has 5 nitrogen and oxygen atoms in total. The predicted octanol–water partition coefficient (Wildman–Crippen LogP) is 3.72. The second kappa shape index (κ2) is 6.90. The molecule has 0 saturated carbocycles. The zero-order chi connectivity index (χ0) is 15.2. The lowest BCUT2D eigenvalue weighted by Gasteiger charge is -2.11. The highest BCUT2D eigenvalue weighted by atomic mass is 79.9. The molecular formula is C15H13BrN2O3. The van der Waals surface area contributed by atoms with Crippen LogP contribution < -0.4 is 10.6 Å². The van der Waals surface area contributed by atoms with E-state index in [0.29, 0.717) is 16.9 Å². The number of benzene rings is 2. The Morgan fingerprint density at radius 1 is 1.05 bits per heavy atom. The number of aliphatic carboxylic acids is 1. The molecule has 0 bridgehead atoms. The van der Waals surface area contributed by atoms with Crippen LogP contribution in [0.5, 0.6) is 0 Å². The number of para-hydroxylation sites is 1. The number of rotatable bonds is 4. The fraction of sp³-hybridized carbons (Fsp3) is 0.0667. The number of carboxylic acids is 1. The SMILES string of the molecule is O=C(O)Cc1ccccc1NC(=O)Nc1cccc(Br)c1. The van der Waals surface area contributed by atoms with Crippen LogP contribution in [0.3, 0.4) is 0 Å². The number of halogens is 1. The number of nitrogens with one attached hydrogen (secondary N) is 2. The van der Waals surface area contributed by atoms with Crippen molar-refractivity contribution >= 4 is 39.3 Å². The molecule has 0 heterocycles. The fourth-order valence-corrected chi connectivity index (χ4v) is 2.21. The highest BCUT2D eigenvalue weighted by molar-refractivity contribution is 9.10. The minimum absolute atomic E-state index is 0.145. The fourth-order valence-electron chi connectivity index (χ4n) is 1.81. The molecule has 0 radical (unpaired) electrons. The van der Waals surface area contributed by atoms with Crippen LogP contribution in [0.4, 0.5) is 16.2 Å². The van der Waals surface area contributed by atoms with Gasteiger partial charge < -0.3 is 15.7 Å². The van der Waals surface area contributed by atoms with Gasteiger partial charge in [-0.3, -0.25) is 4.79 Å². The summed E-state index contributed by atoms with van der Waals surface area (Å²) in [6.07, 6.45) is -0.145. The molecule has 0 aliphatic heterocycles. The van der Waals surface area contributed by atoms with Gasteiger partial charge in [0.15, 0.2) is 0 Å². The molecule has 21 heavy (non-hydrogen) atoms. The van der Waals surface area contributed by atoms with Gasteiger partial charge in [0.25, 0.3) is 0 Å². The van der Waals surface area contributed by atoms with E-state index in [1.54, 1.807) is 42.5 Å². The van der Waals surface area contributed by atoms with Crippen molar-refractivity contribution in [3.8, 4) is 0 Å². The Morgan fingerprint density at radius 2 is 1.81 bits per heavy atom. The predicted molar refractivity (Wildman–Crippen MR) is 84.6 cm³/mol. The van der Waals surface area contributed by atoms with Crippen molar-refractivity contribution in [3.05, 3.63) is 58.6 Å². The topological polar surface area (TPSA) is 78.4 Å². The Labute approximate surface area is 130 Å². The maximum Gasteiger partial charge on any atom is 0.323 e. The Hall–Kier alpha value is -2.34. The number of carbonyl (C=O) groups is 2. The molecule has 2 aromatic rings. The quantitative estimate of drug-likeness (QED) is 0.787. The molecule has 0 saturated heterocycles. The van der Waals surface area contributed by atoms with Crippen LogP contribution in [0.25, 0.3) is 0 Å². The minimum atomic E-state index is -0.948. The molecule has 3 N–H and O–H groups in total. The van der Waals surface area contributed by atoms with Crippen LogP contribution in [-0.2, 0) is 11.2 Å². The van der Waals surface area contributed by atoms with Crippen LogP contribution in [0.2, 0.25) is 0 Å². The van der Waals surface area contributed by atoms with E-state index >= 15 is 0 Å². The molecule has 0 unspecified atom stereocenters. The number of hydrogen-bond donors (Lipinski definition) is 3. The molecule has 108 valence electrons. The van der Waals surface area contributed by atoms with Gasteiger partial charge in [0, 0.05) is 15.8 Å². The maximum absolute atomic E-state index is 11.9. The summed E-state index contributed by atoms with van der Waals surface area (Å²) < 4.78 is 0.853. The molecule has 6 heteroatoms. The highest BCUT2D eigenvalue weighted by Gasteiger charge is 2.09. The van der Waals surface area contributed by atoms with Crippen LogP contribution in [0.1, 0.15) is 5.56 Å². The smallest absolute Gasteiger partial charge is 0.323 e. The van der Waals surface area contributed by atoms with E-state index in [-0.39, 0.29) is 6.42 Å². The third-order valence-electron chi connectivity index (χ3n) is 2.69. The zero-order valence-electron chi connectivity index (χ0n) is 11.0. The molecule has 2 rings (SSSR count). The van der Waals surface area contributed by atoms with Gasteiger partial charge in [-0.2, -0.15) is 0 Å². The van der Waals surface area contributed by atoms with Gasteiger partial charge in [-0.1, -0.05) is 40.2 Å². The largest absolute Gasteiger partial charge is 0.481 e. The van der Waals surface area contributed by atoms with Crippen LogP contribution in [-0.4, -0.2) is 17.1 Å². The minimum Gasteiger partial charge on any atom is -0.481 e. The van der Waals surface area contributed by atoms with Gasteiger partial charge in [-0.15, -0.1) is 0 Å². The van der Waals surface area contributed by atoms with Crippen molar-refractivity contribution in [2.45, 2.75) is 6.42 Å². The molecule has 2 amide bonds. The monoisotopic (exact) mass is 348 g/mol. The number of anilines is 2. The second-order valence-corrected chi connectivity index (χ2v) is 5.23. The lowest BCUT2D eigenvalue weighted by Crippen LogP contribution is -2.20. The lowest BCUT2D eigenvalue weighted by molar-refractivity contribution is -0.136. The Kier molecular flexibility index (Phi) is 4.94. The number of carboxylic acid groups (broad SMARTS) is 1. The average Bonchev–Trinajstić information content (AvgIpc) is 2.40. The van der Waals surface area contributed by atoms with Gasteiger partial charge in [0.05, 0.1) is 6.42 Å². The van der Waals surface area contributed by atoms with Crippen molar-refractivity contribution in [1.82, 2.24) is 0 Å². The number of hydrogen-bond acceptors (Lipinski definition) is 2. The Bertz CT molecular complexity index is 673. The Balaban J connectivity index is 2.07. The van der Waals surface area contributed by atoms with Crippen LogP contribution in [0, 0.1) is 0 Å². The first-order valence-electron chi connectivity index (χ1n) is 6.18. The first-order chi connectivity index (χ1) is 10.0. The van der Waals surface area contributed by atoms with Crippen LogP contribution in [0.15, 0.2) is 53.0 Å². The summed E-state index contributed by atoms with van der Waals surface area (Å²) in [7, 11) is 0. The Morgan fingerprint density at radius 3 is 2.52 bits per heavy atom. The van der Waals surface area contributed by atoms with Crippen LogP contribution >= 0.6 is 15.9 Å². The molecular weight excluding hydrogens is 336 g/mol. The van der Waals surface area contributed by atoms with E-state index in [4.69, 9.17) is 5.11 Å². The van der Waals surface area contributed by atoms with E-state index < -0.39 is 12.0 Å². The first-order valence-corrected chi connectivity index (χ1v) is 6.97. The normalized spacial score (nSPS) is 9.95. The third kappa shape index (κ3) is 4.61. The first kappa shape index (κ1) is 15.1. The highest BCUT2D eigenvalue weighted by Crippen LogP contribution is 2.18. The molecule has 0 fully saturated rings. The van der Waals surface area contributed by atoms with E-state index in [1.165, 1.54) is 0 Å². The average molecular weight is 349 g/mol. The number of urea groups is 1. The standard InChI is InChI=1S/C15H13BrN2O3/c16-11-5-3-6-12(9-11)17-15(21)18-13-7-2-1-4-10(13)8-14(19)20/h1-7,9H,8H2,(H,19,20)(H2,17,18,21). The van der Waals surface area contributed by atoms with Crippen molar-refractivity contribution in [2.75, 3.05) is 10.6 Å². The summed E-state index contributed by atoms with van der Waals surface area (Å²) in [4.78, 5) is 22.7. The molecule has 0 aromatic heterocycles. The van der Waals surface area contributed by atoms with Crippen molar-refractivity contribution in [2.24, 2.45) is 0 Å². The summed E-state index contributed by atoms with van der Waals surface area (Å²) in [5, 5.41) is 14.2. The van der Waals surface area contributed by atoms with E-state index in [0.717, 1.165) is 4.47 Å². The van der Waals surface area contributed by atoms with Crippen molar-refractivity contribution in [3.63, 3.8) is 0 Å². The summed E-state index contributed by atoms with van der Waals surface area (Å²) >= 11 is 3.32. The second-order valence-electron chi connectivity index (χ2n) is 4.32. The molecule has 0 atom stereocenters. The molecule has 0 aliphatic rings. The van der Waals surface area contributed by atoms with Gasteiger partial charge in [-0.25, -0.2) is 4.79 Å². The molecule has 0 spiro atoms. The maximum atomic E-state index is 11.9. The van der Waals surface area contributed by atoms with E-state index in [9.17, 15) is 9.59 Å². The van der Waals surface area contributed by atoms with Gasteiger partial charge >= 0.3 is 12.0 Å². The van der Waals surface area contributed by atoms with E-state index in [2.05, 4.69) is 26.6 Å². The molecule has 0 aliphatic carbocycles. The van der Waals surface area contributed by atoms with Crippen molar-refractivity contribution < 1.29 is 14.7 Å². The van der Waals surface area contributed by atoms with Gasteiger partial charge in [0.1, 0.15) is 0 Å². The third-order valence-corrected chi connectivity index (χ3v) is 3.18. The van der Waals surface area contributed by atoms with Gasteiger partial charge in [-0.05, 0) is 29.8 Å². The molecule has 2 aromatic carbocycles. The summed E-state index contributed by atoms with van der Waals surface area (Å²) in [6, 6.07) is 13.6. The summed E-state index contributed by atoms with van der Waals surface area (Å²) in [5.41, 5.74) is 1.67. The number of carbonyl (C=O) groups excluding carboxylic acids is 1. The lowest BCUT2D eigenvalue weighted by atomic mass is 10.1. The summed E-state index contributed by atoms with van der Waals surface area (Å²) in [6.45, 7) is 0. The number of amides is 2. The zero-order valence-corrected chi connectivity index (χ0v) is 12.6. The van der Waals surface area contributed by atoms with E-state index in [1.807, 2.05) is 6.07 Å².